The molecule has 3 aromatic carbocycles. The van der Waals surface area contributed by atoms with E-state index in [4.69, 9.17) is 4.74 Å². The lowest BCUT2D eigenvalue weighted by atomic mass is 10.1. The van der Waals surface area contributed by atoms with Crippen molar-refractivity contribution in [1.82, 2.24) is 5.32 Å². The van der Waals surface area contributed by atoms with Crippen LogP contribution in [-0.2, 0) is 16.6 Å². The predicted octanol–water partition coefficient (Wildman–Crippen LogP) is 3.87. The zero-order chi connectivity index (χ0) is 21.7. The van der Waals surface area contributed by atoms with Gasteiger partial charge in [0.05, 0.1) is 12.0 Å². The number of anilines is 1. The molecule has 0 aliphatic heterocycles. The predicted molar refractivity (Wildman–Crippen MR) is 113 cm³/mol. The molecule has 2 N–H and O–H groups in total. The first-order chi connectivity index (χ1) is 14.3. The molecular formula is C22H21FN2O4S. The van der Waals surface area contributed by atoms with E-state index in [1.165, 1.54) is 25.3 Å². The number of hydrogen-bond acceptors (Lipinski definition) is 4. The first kappa shape index (κ1) is 21.3. The van der Waals surface area contributed by atoms with Gasteiger partial charge in [0.2, 0.25) is 0 Å². The van der Waals surface area contributed by atoms with Crippen molar-refractivity contribution in [2.45, 2.75) is 18.4 Å². The van der Waals surface area contributed by atoms with Gasteiger partial charge in [0.15, 0.2) is 0 Å². The zero-order valence-corrected chi connectivity index (χ0v) is 17.3. The quantitative estimate of drug-likeness (QED) is 0.598. The minimum atomic E-state index is -3.92. The number of benzene rings is 3. The fourth-order valence-electron chi connectivity index (χ4n) is 2.82. The summed E-state index contributed by atoms with van der Waals surface area (Å²) in [5.74, 6) is -0.324. The summed E-state index contributed by atoms with van der Waals surface area (Å²) < 4.78 is 47.0. The summed E-state index contributed by atoms with van der Waals surface area (Å²) in [7, 11) is -2.41. The maximum absolute atomic E-state index is 13.7. The molecule has 0 aromatic heterocycles. The number of nitrogens with one attached hydrogen (secondary N) is 2. The van der Waals surface area contributed by atoms with Crippen molar-refractivity contribution in [2.24, 2.45) is 0 Å². The molecule has 0 unspecified atom stereocenters. The highest BCUT2D eigenvalue weighted by Crippen LogP contribution is 2.22. The molecule has 0 fully saturated rings. The monoisotopic (exact) mass is 428 g/mol. The van der Waals surface area contributed by atoms with Crippen molar-refractivity contribution < 1.29 is 22.3 Å². The van der Waals surface area contributed by atoms with Crippen molar-refractivity contribution in [3.63, 3.8) is 0 Å². The number of amides is 1. The van der Waals surface area contributed by atoms with Crippen LogP contribution >= 0.6 is 0 Å². The number of aryl methyl sites for hydroxylation is 1. The summed E-state index contributed by atoms with van der Waals surface area (Å²) in [5, 5.41) is 2.61. The van der Waals surface area contributed by atoms with Crippen molar-refractivity contribution in [3.05, 3.63) is 89.2 Å². The van der Waals surface area contributed by atoms with Crippen molar-refractivity contribution >= 4 is 21.6 Å². The van der Waals surface area contributed by atoms with Crippen molar-refractivity contribution in [3.8, 4) is 5.75 Å². The lowest BCUT2D eigenvalue weighted by molar-refractivity contribution is 0.0950. The SMILES string of the molecule is COc1ccc(NS(=O)(=O)c2cc(C(=O)NCc3ccccc3F)ccc2C)cc1. The summed E-state index contributed by atoms with van der Waals surface area (Å²) in [4.78, 5) is 12.5. The molecule has 3 rings (SSSR count). The number of methoxy groups -OCH3 is 1. The molecule has 156 valence electrons. The van der Waals surface area contributed by atoms with E-state index >= 15 is 0 Å². The van der Waals surface area contributed by atoms with Crippen LogP contribution < -0.4 is 14.8 Å². The van der Waals surface area contributed by atoms with E-state index in [0.717, 1.165) is 0 Å². The number of halogens is 1. The van der Waals surface area contributed by atoms with Crippen LogP contribution in [0.1, 0.15) is 21.5 Å². The van der Waals surface area contributed by atoms with Gasteiger partial charge in [-0.15, -0.1) is 0 Å². The normalized spacial score (nSPS) is 11.0. The summed E-state index contributed by atoms with van der Waals surface area (Å²) >= 11 is 0. The first-order valence-electron chi connectivity index (χ1n) is 9.09. The molecule has 0 bridgehead atoms. The third-order valence-corrected chi connectivity index (χ3v) is 6.00. The van der Waals surface area contributed by atoms with Crippen LogP contribution in [0, 0.1) is 12.7 Å². The van der Waals surface area contributed by atoms with Crippen LogP contribution in [0.5, 0.6) is 5.75 Å². The van der Waals surface area contributed by atoms with E-state index in [1.54, 1.807) is 55.5 Å². The summed E-state index contributed by atoms with van der Waals surface area (Å²) in [6.45, 7) is 1.63. The zero-order valence-electron chi connectivity index (χ0n) is 16.5. The van der Waals surface area contributed by atoms with Gasteiger partial charge in [-0.1, -0.05) is 24.3 Å². The van der Waals surface area contributed by atoms with Gasteiger partial charge in [0.25, 0.3) is 15.9 Å². The van der Waals surface area contributed by atoms with E-state index < -0.39 is 21.7 Å². The number of hydrogen-bond donors (Lipinski definition) is 2. The van der Waals surface area contributed by atoms with Gasteiger partial charge >= 0.3 is 0 Å². The van der Waals surface area contributed by atoms with Crippen molar-refractivity contribution in [2.75, 3.05) is 11.8 Å². The van der Waals surface area contributed by atoms with Crippen LogP contribution in [0.25, 0.3) is 0 Å². The third-order valence-electron chi connectivity index (χ3n) is 4.48. The smallest absolute Gasteiger partial charge is 0.262 e. The Kier molecular flexibility index (Phi) is 6.37. The molecule has 0 heterocycles. The average Bonchev–Trinajstić information content (AvgIpc) is 2.73. The minimum absolute atomic E-state index is 0.00837. The summed E-state index contributed by atoms with van der Waals surface area (Å²) in [6, 6.07) is 16.9. The highest BCUT2D eigenvalue weighted by atomic mass is 32.2. The second-order valence-corrected chi connectivity index (χ2v) is 8.24. The van der Waals surface area contributed by atoms with Gasteiger partial charge in [-0.3, -0.25) is 9.52 Å². The lowest BCUT2D eigenvalue weighted by Crippen LogP contribution is -2.24. The Labute approximate surface area is 174 Å². The lowest BCUT2D eigenvalue weighted by Gasteiger charge is -2.13. The molecule has 0 saturated carbocycles. The van der Waals surface area contributed by atoms with Gasteiger partial charge in [-0.25, -0.2) is 12.8 Å². The molecule has 1 amide bonds. The maximum Gasteiger partial charge on any atom is 0.262 e. The molecule has 0 atom stereocenters. The molecular weight excluding hydrogens is 407 g/mol. The van der Waals surface area contributed by atoms with Crippen LogP contribution in [-0.4, -0.2) is 21.4 Å². The number of carbonyl (C=O) groups excluding carboxylic acids is 1. The van der Waals surface area contributed by atoms with Gasteiger partial charge in [-0.05, 0) is 55.0 Å². The Morgan fingerprint density at radius 3 is 2.40 bits per heavy atom. The fraction of sp³-hybridized carbons (Fsp3) is 0.136. The average molecular weight is 428 g/mol. The van der Waals surface area contributed by atoms with Gasteiger partial charge in [-0.2, -0.15) is 0 Å². The molecule has 8 heteroatoms. The molecule has 0 spiro atoms. The molecule has 0 aliphatic carbocycles. The molecule has 0 saturated heterocycles. The topological polar surface area (TPSA) is 84.5 Å². The van der Waals surface area contributed by atoms with Crippen LogP contribution in [0.15, 0.2) is 71.6 Å². The van der Waals surface area contributed by atoms with Crippen molar-refractivity contribution in [1.29, 1.82) is 0 Å². The Bertz CT molecular complexity index is 1160. The third kappa shape index (κ3) is 4.96. The largest absolute Gasteiger partial charge is 0.497 e. The van der Waals surface area contributed by atoms with Gasteiger partial charge in [0.1, 0.15) is 11.6 Å². The summed E-state index contributed by atoms with van der Waals surface area (Å²) in [5.41, 5.74) is 1.35. The van der Waals surface area contributed by atoms with Crippen LogP contribution in [0.2, 0.25) is 0 Å². The fourth-order valence-corrected chi connectivity index (χ4v) is 4.15. The second-order valence-electron chi connectivity index (χ2n) is 6.59. The maximum atomic E-state index is 13.7. The molecule has 6 nitrogen and oxygen atoms in total. The van der Waals surface area contributed by atoms with E-state index in [9.17, 15) is 17.6 Å². The molecule has 3 aromatic rings. The van der Waals surface area contributed by atoms with Gasteiger partial charge in [0, 0.05) is 23.4 Å². The van der Waals surface area contributed by atoms with E-state index in [0.29, 0.717) is 22.6 Å². The Balaban J connectivity index is 1.79. The number of sulfonamides is 1. The Hall–Kier alpha value is -3.39. The minimum Gasteiger partial charge on any atom is -0.497 e. The highest BCUT2D eigenvalue weighted by molar-refractivity contribution is 7.92. The number of carbonyl (C=O) groups is 1. The summed E-state index contributed by atoms with van der Waals surface area (Å²) in [6.07, 6.45) is 0. The number of rotatable bonds is 7. The Morgan fingerprint density at radius 2 is 1.73 bits per heavy atom. The van der Waals surface area contributed by atoms with Gasteiger partial charge < -0.3 is 10.1 Å². The number of ether oxygens (including phenoxy) is 1. The molecule has 30 heavy (non-hydrogen) atoms. The molecule has 0 aliphatic rings. The van der Waals surface area contributed by atoms with E-state index in [2.05, 4.69) is 10.0 Å². The standard InChI is InChI=1S/C22H21FN2O4S/c1-15-7-8-16(22(26)24-14-17-5-3-4-6-20(17)23)13-21(15)30(27,28)25-18-9-11-19(29-2)12-10-18/h3-13,25H,14H2,1-2H3,(H,24,26). The molecule has 0 radical (unpaired) electrons. The van der Waals surface area contributed by atoms with E-state index in [-0.39, 0.29) is 17.0 Å². The highest BCUT2D eigenvalue weighted by Gasteiger charge is 2.19. The second kappa shape index (κ2) is 8.96. The Morgan fingerprint density at radius 1 is 1.03 bits per heavy atom. The van der Waals surface area contributed by atoms with Crippen LogP contribution in [0.4, 0.5) is 10.1 Å². The first-order valence-corrected chi connectivity index (χ1v) is 10.6. The van der Waals surface area contributed by atoms with Crippen LogP contribution in [0.3, 0.4) is 0 Å². The van der Waals surface area contributed by atoms with E-state index in [1.807, 2.05) is 0 Å².